The molecule has 1 aromatic carbocycles. The number of hydrogen-bond donors (Lipinski definition) is 1. The maximum atomic E-state index is 10.8. The van der Waals surface area contributed by atoms with Crippen molar-refractivity contribution in [2.75, 3.05) is 31.1 Å². The molecule has 3 rings (SSSR count). The molecular weight excluding hydrogens is 282 g/mol. The monoisotopic (exact) mass is 295 g/mol. The number of benzene rings is 1. The van der Waals surface area contributed by atoms with E-state index in [-0.39, 0.29) is 18.1 Å². The highest BCUT2D eigenvalue weighted by Crippen LogP contribution is 2.20. The number of nitro benzene ring substituents is 1. The summed E-state index contributed by atoms with van der Waals surface area (Å²) < 4.78 is 0. The first kappa shape index (κ1) is 14.4. The third-order valence-corrected chi connectivity index (χ3v) is 3.16. The summed E-state index contributed by atoms with van der Waals surface area (Å²) >= 11 is 0. The molecule has 0 atom stereocenters. The van der Waals surface area contributed by atoms with E-state index >= 15 is 0 Å². The number of halogens is 1. The molecular formula is C12H14ClN5O2. The lowest BCUT2D eigenvalue weighted by Gasteiger charge is -2.28. The molecule has 1 aliphatic heterocycles. The van der Waals surface area contributed by atoms with Gasteiger partial charge in [0.1, 0.15) is 5.82 Å². The summed E-state index contributed by atoms with van der Waals surface area (Å²) in [5, 5.41) is 14.0. The van der Waals surface area contributed by atoms with Crippen LogP contribution < -0.4 is 10.2 Å². The zero-order valence-electron chi connectivity index (χ0n) is 10.7. The van der Waals surface area contributed by atoms with E-state index < -0.39 is 4.92 Å². The summed E-state index contributed by atoms with van der Waals surface area (Å²) in [6, 6.07) is 4.54. The number of fused-ring (bicyclic) bond motifs is 1. The van der Waals surface area contributed by atoms with Crippen molar-refractivity contribution in [2.45, 2.75) is 0 Å². The summed E-state index contributed by atoms with van der Waals surface area (Å²) in [7, 11) is 0. The van der Waals surface area contributed by atoms with Gasteiger partial charge in [0.05, 0.1) is 22.2 Å². The van der Waals surface area contributed by atoms with Crippen LogP contribution >= 0.6 is 12.4 Å². The van der Waals surface area contributed by atoms with E-state index in [0.29, 0.717) is 11.0 Å². The smallest absolute Gasteiger partial charge is 0.271 e. The van der Waals surface area contributed by atoms with Crippen LogP contribution in [0.4, 0.5) is 11.5 Å². The van der Waals surface area contributed by atoms with Gasteiger partial charge in [0.15, 0.2) is 0 Å². The van der Waals surface area contributed by atoms with Gasteiger partial charge in [-0.3, -0.25) is 15.1 Å². The molecule has 20 heavy (non-hydrogen) atoms. The Morgan fingerprint density at radius 2 is 2.00 bits per heavy atom. The van der Waals surface area contributed by atoms with Crippen molar-refractivity contribution < 1.29 is 4.92 Å². The molecule has 0 radical (unpaired) electrons. The normalized spacial score (nSPS) is 14.9. The van der Waals surface area contributed by atoms with Gasteiger partial charge in [-0.15, -0.1) is 12.4 Å². The predicted octanol–water partition coefficient (Wildman–Crippen LogP) is 1.37. The van der Waals surface area contributed by atoms with Crippen LogP contribution in [0, 0.1) is 10.1 Å². The molecule has 2 aromatic rings. The number of hydrogen-bond acceptors (Lipinski definition) is 6. The fourth-order valence-electron chi connectivity index (χ4n) is 2.15. The number of piperazine rings is 1. The average molecular weight is 296 g/mol. The molecule has 0 saturated carbocycles. The summed E-state index contributed by atoms with van der Waals surface area (Å²) in [6.45, 7) is 3.56. The lowest BCUT2D eigenvalue weighted by molar-refractivity contribution is -0.384. The van der Waals surface area contributed by atoms with Gasteiger partial charge < -0.3 is 10.2 Å². The fraction of sp³-hybridized carbons (Fsp3) is 0.333. The van der Waals surface area contributed by atoms with Gasteiger partial charge in [-0.1, -0.05) is 0 Å². The number of nitro groups is 1. The Balaban J connectivity index is 0.00000147. The van der Waals surface area contributed by atoms with Gasteiger partial charge in [-0.25, -0.2) is 4.98 Å². The number of non-ortho nitro benzene ring substituents is 1. The molecule has 0 bridgehead atoms. The second-order valence-electron chi connectivity index (χ2n) is 4.40. The lowest BCUT2D eigenvalue weighted by atomic mass is 10.2. The Morgan fingerprint density at radius 3 is 2.70 bits per heavy atom. The van der Waals surface area contributed by atoms with Crippen LogP contribution in [0.5, 0.6) is 0 Å². The highest BCUT2D eigenvalue weighted by Gasteiger charge is 2.14. The van der Waals surface area contributed by atoms with Gasteiger partial charge in [0.25, 0.3) is 5.69 Å². The highest BCUT2D eigenvalue weighted by molar-refractivity contribution is 5.85. The molecule has 0 unspecified atom stereocenters. The van der Waals surface area contributed by atoms with Crippen LogP contribution in [0.15, 0.2) is 24.4 Å². The highest BCUT2D eigenvalue weighted by atomic mass is 35.5. The maximum Gasteiger partial charge on any atom is 0.271 e. The fourth-order valence-corrected chi connectivity index (χ4v) is 2.15. The van der Waals surface area contributed by atoms with Gasteiger partial charge in [0, 0.05) is 38.3 Å². The zero-order valence-corrected chi connectivity index (χ0v) is 11.5. The Kier molecular flexibility index (Phi) is 4.31. The molecule has 0 amide bonds. The van der Waals surface area contributed by atoms with Gasteiger partial charge >= 0.3 is 0 Å². The van der Waals surface area contributed by atoms with Crippen LogP contribution in [0.3, 0.4) is 0 Å². The molecule has 1 saturated heterocycles. The van der Waals surface area contributed by atoms with Crippen LogP contribution in [-0.4, -0.2) is 41.1 Å². The standard InChI is InChI=1S/C12H13N5O2.ClH/c18-17(19)9-1-2-10-11(7-9)15-12(8-14-10)16-5-3-13-4-6-16;/h1-2,7-8,13H,3-6H2;1H. The molecule has 106 valence electrons. The van der Waals surface area contributed by atoms with Crippen molar-refractivity contribution >= 4 is 34.9 Å². The van der Waals surface area contributed by atoms with E-state index in [1.807, 2.05) is 0 Å². The molecule has 0 spiro atoms. The molecule has 7 nitrogen and oxygen atoms in total. The third kappa shape index (κ3) is 2.78. The SMILES string of the molecule is Cl.O=[N+]([O-])c1ccc2ncc(N3CCNCC3)nc2c1. The van der Waals surface area contributed by atoms with Crippen molar-refractivity contribution in [2.24, 2.45) is 0 Å². The van der Waals surface area contributed by atoms with Crippen molar-refractivity contribution in [3.8, 4) is 0 Å². The summed E-state index contributed by atoms with van der Waals surface area (Å²) in [4.78, 5) is 21.3. The van der Waals surface area contributed by atoms with Crippen molar-refractivity contribution in [3.05, 3.63) is 34.5 Å². The van der Waals surface area contributed by atoms with Crippen molar-refractivity contribution in [3.63, 3.8) is 0 Å². The van der Waals surface area contributed by atoms with Crippen molar-refractivity contribution in [1.29, 1.82) is 0 Å². The Labute approximate surface area is 121 Å². The number of nitrogens with zero attached hydrogens (tertiary/aromatic N) is 4. The van der Waals surface area contributed by atoms with Crippen molar-refractivity contribution in [1.82, 2.24) is 15.3 Å². The minimum atomic E-state index is -0.418. The first-order valence-electron chi connectivity index (χ1n) is 6.11. The Morgan fingerprint density at radius 1 is 1.25 bits per heavy atom. The second-order valence-corrected chi connectivity index (χ2v) is 4.40. The molecule has 1 aliphatic rings. The number of aromatic nitrogens is 2. The minimum Gasteiger partial charge on any atom is -0.353 e. The van der Waals surface area contributed by atoms with E-state index in [0.717, 1.165) is 32.0 Å². The lowest BCUT2D eigenvalue weighted by Crippen LogP contribution is -2.43. The van der Waals surface area contributed by atoms with E-state index in [9.17, 15) is 10.1 Å². The summed E-state index contributed by atoms with van der Waals surface area (Å²) in [6.07, 6.45) is 1.72. The quantitative estimate of drug-likeness (QED) is 0.665. The molecule has 1 aromatic heterocycles. The first-order chi connectivity index (χ1) is 9.24. The predicted molar refractivity (Wildman–Crippen MR) is 78.5 cm³/mol. The largest absolute Gasteiger partial charge is 0.353 e. The number of rotatable bonds is 2. The average Bonchev–Trinajstić information content (AvgIpc) is 2.47. The van der Waals surface area contributed by atoms with E-state index in [1.165, 1.54) is 12.1 Å². The topological polar surface area (TPSA) is 84.2 Å². The van der Waals surface area contributed by atoms with Crippen LogP contribution in [0.2, 0.25) is 0 Å². The van der Waals surface area contributed by atoms with Crippen LogP contribution in [0.1, 0.15) is 0 Å². The first-order valence-corrected chi connectivity index (χ1v) is 6.11. The van der Waals surface area contributed by atoms with Gasteiger partial charge in [0.2, 0.25) is 0 Å². The summed E-state index contributed by atoms with van der Waals surface area (Å²) in [5.41, 5.74) is 1.27. The molecule has 1 fully saturated rings. The van der Waals surface area contributed by atoms with Crippen LogP contribution in [-0.2, 0) is 0 Å². The number of nitrogens with one attached hydrogen (secondary N) is 1. The van der Waals surface area contributed by atoms with E-state index in [4.69, 9.17) is 0 Å². The minimum absolute atomic E-state index is 0. The molecule has 8 heteroatoms. The third-order valence-electron chi connectivity index (χ3n) is 3.16. The van der Waals surface area contributed by atoms with Crippen LogP contribution in [0.25, 0.3) is 11.0 Å². The van der Waals surface area contributed by atoms with E-state index in [1.54, 1.807) is 12.3 Å². The molecule has 2 heterocycles. The van der Waals surface area contributed by atoms with E-state index in [2.05, 4.69) is 20.2 Å². The van der Waals surface area contributed by atoms with Gasteiger partial charge in [-0.2, -0.15) is 0 Å². The Bertz CT molecular complexity index is 630. The zero-order chi connectivity index (χ0) is 13.2. The second kappa shape index (κ2) is 5.98. The van der Waals surface area contributed by atoms with Gasteiger partial charge in [-0.05, 0) is 6.07 Å². The summed E-state index contributed by atoms with van der Waals surface area (Å²) in [5.74, 6) is 0.773. The maximum absolute atomic E-state index is 10.8. The number of anilines is 1. The molecule has 1 N–H and O–H groups in total. The Hall–Kier alpha value is -1.99. The molecule has 0 aliphatic carbocycles.